The Balaban J connectivity index is 2.12. The lowest BCUT2D eigenvalue weighted by molar-refractivity contribution is -0.123. The number of anilines is 1. The molecular weight excluding hydrogens is 390 g/mol. The molecule has 0 spiro atoms. The number of hydrogen-bond donors (Lipinski definition) is 1. The van der Waals surface area contributed by atoms with Crippen LogP contribution in [-0.4, -0.2) is 35.1 Å². The molecule has 1 N–H and O–H groups in total. The van der Waals surface area contributed by atoms with Crippen LogP contribution in [-0.2, 0) is 20.3 Å². The van der Waals surface area contributed by atoms with Crippen molar-refractivity contribution >= 4 is 40.0 Å². The number of benzene rings is 2. The summed E-state index contributed by atoms with van der Waals surface area (Å²) in [6.45, 7) is 3.20. The molecule has 0 aliphatic carbocycles. The minimum Gasteiger partial charge on any atom is -0.495 e. The highest BCUT2D eigenvalue weighted by Crippen LogP contribution is 2.28. The van der Waals surface area contributed by atoms with Crippen molar-refractivity contribution in [1.82, 2.24) is 0 Å². The van der Waals surface area contributed by atoms with Crippen LogP contribution in [0.15, 0.2) is 47.4 Å². The first-order valence-corrected chi connectivity index (χ1v) is 9.89. The Kier molecular flexibility index (Phi) is 7.38. The molecule has 2 rings (SSSR count). The fourth-order valence-electron chi connectivity index (χ4n) is 2.28. The van der Waals surface area contributed by atoms with Crippen molar-refractivity contribution in [3.05, 3.63) is 53.1 Å². The van der Waals surface area contributed by atoms with Crippen LogP contribution in [0.4, 0.5) is 5.69 Å². The predicted molar refractivity (Wildman–Crippen MR) is 105 cm³/mol. The second-order valence-electron chi connectivity index (χ2n) is 5.51. The van der Waals surface area contributed by atoms with Crippen LogP contribution in [0, 0.1) is 0 Å². The van der Waals surface area contributed by atoms with Gasteiger partial charge in [0.05, 0.1) is 34.1 Å². The average molecular weight is 410 g/mol. The lowest BCUT2D eigenvalue weighted by atomic mass is 10.2. The zero-order chi connectivity index (χ0) is 20.0. The number of halogens is 1. The molecule has 0 aliphatic heterocycles. The van der Waals surface area contributed by atoms with Crippen LogP contribution < -0.4 is 10.1 Å². The number of hydrogen-bond acceptors (Lipinski definition) is 5. The molecule has 8 heteroatoms. The molecule has 0 saturated heterocycles. The molecule has 2 aromatic rings. The van der Waals surface area contributed by atoms with E-state index in [1.807, 2.05) is 0 Å². The van der Waals surface area contributed by atoms with Crippen molar-refractivity contribution in [3.63, 3.8) is 0 Å². The highest BCUT2D eigenvalue weighted by atomic mass is 35.5. The van der Waals surface area contributed by atoms with Gasteiger partial charge in [-0.05, 0) is 37.3 Å². The van der Waals surface area contributed by atoms with E-state index < -0.39 is 28.8 Å². The largest absolute Gasteiger partial charge is 0.495 e. The van der Waals surface area contributed by atoms with E-state index in [2.05, 4.69) is 5.32 Å². The maximum atomic E-state index is 12.4. The summed E-state index contributed by atoms with van der Waals surface area (Å²) in [6, 6.07) is 11.3. The average Bonchev–Trinajstić information content (AvgIpc) is 2.67. The van der Waals surface area contributed by atoms with E-state index in [-0.39, 0.29) is 5.56 Å². The summed E-state index contributed by atoms with van der Waals surface area (Å²) in [5.41, 5.74) is 0.544. The Labute approximate surface area is 165 Å². The molecule has 0 aromatic heterocycles. The van der Waals surface area contributed by atoms with E-state index in [4.69, 9.17) is 21.1 Å². The van der Waals surface area contributed by atoms with Gasteiger partial charge >= 0.3 is 5.97 Å². The first kappa shape index (κ1) is 20.9. The Morgan fingerprint density at radius 2 is 1.93 bits per heavy atom. The van der Waals surface area contributed by atoms with Crippen LogP contribution in [0.5, 0.6) is 5.75 Å². The van der Waals surface area contributed by atoms with Crippen molar-refractivity contribution < 1.29 is 23.3 Å². The zero-order valence-corrected chi connectivity index (χ0v) is 16.7. The van der Waals surface area contributed by atoms with E-state index in [1.165, 1.54) is 26.2 Å². The normalized spacial score (nSPS) is 12.7. The van der Waals surface area contributed by atoms with Crippen LogP contribution >= 0.6 is 11.6 Å². The second-order valence-corrected chi connectivity index (χ2v) is 7.66. The molecule has 0 heterocycles. The third-order valence-electron chi connectivity index (χ3n) is 3.69. The second kappa shape index (κ2) is 9.53. The predicted octanol–water partition coefficient (Wildman–Crippen LogP) is 3.66. The van der Waals surface area contributed by atoms with Crippen LogP contribution in [0.25, 0.3) is 0 Å². The van der Waals surface area contributed by atoms with Crippen LogP contribution in [0.2, 0.25) is 5.02 Å². The fourth-order valence-corrected chi connectivity index (χ4v) is 3.39. The maximum Gasteiger partial charge on any atom is 0.340 e. The highest BCUT2D eigenvalue weighted by molar-refractivity contribution is 7.85. The summed E-state index contributed by atoms with van der Waals surface area (Å²) < 4.78 is 22.5. The van der Waals surface area contributed by atoms with Gasteiger partial charge < -0.3 is 14.8 Å². The minimum absolute atomic E-state index is 0.178. The molecule has 2 aromatic carbocycles. The van der Waals surface area contributed by atoms with E-state index in [9.17, 15) is 13.8 Å². The Morgan fingerprint density at radius 1 is 1.22 bits per heavy atom. The Bertz CT molecular complexity index is 871. The smallest absolute Gasteiger partial charge is 0.340 e. The molecule has 6 nitrogen and oxygen atoms in total. The molecule has 0 aliphatic rings. The van der Waals surface area contributed by atoms with Gasteiger partial charge in [0, 0.05) is 10.8 Å². The van der Waals surface area contributed by atoms with Crippen molar-refractivity contribution in [2.45, 2.75) is 24.8 Å². The number of esters is 1. The summed E-state index contributed by atoms with van der Waals surface area (Å²) >= 11 is 5.94. The summed E-state index contributed by atoms with van der Waals surface area (Å²) in [4.78, 5) is 25.2. The van der Waals surface area contributed by atoms with Gasteiger partial charge in [-0.1, -0.05) is 30.7 Å². The molecule has 0 unspecified atom stereocenters. The summed E-state index contributed by atoms with van der Waals surface area (Å²) in [6.07, 6.45) is -1.08. The van der Waals surface area contributed by atoms with Crippen LogP contribution in [0.3, 0.4) is 0 Å². The zero-order valence-electron chi connectivity index (χ0n) is 15.2. The third-order valence-corrected chi connectivity index (χ3v) is 5.29. The number of rotatable bonds is 7. The summed E-state index contributed by atoms with van der Waals surface area (Å²) in [7, 11) is 0.146. The van der Waals surface area contributed by atoms with Gasteiger partial charge in [-0.25, -0.2) is 4.79 Å². The molecule has 0 radical (unpaired) electrons. The van der Waals surface area contributed by atoms with Gasteiger partial charge in [0.1, 0.15) is 5.75 Å². The SMILES string of the molecule is CC[S@@](=O)c1ccccc1C(=O)O[C@@H](C)C(=O)Nc1cc(Cl)ccc1OC. The monoisotopic (exact) mass is 409 g/mol. The maximum absolute atomic E-state index is 12.4. The van der Waals surface area contributed by atoms with Crippen molar-refractivity contribution in [3.8, 4) is 5.75 Å². The van der Waals surface area contributed by atoms with Gasteiger partial charge in [0.15, 0.2) is 6.10 Å². The van der Waals surface area contributed by atoms with Crippen molar-refractivity contribution in [2.75, 3.05) is 18.2 Å². The lowest BCUT2D eigenvalue weighted by Gasteiger charge is -2.16. The van der Waals surface area contributed by atoms with E-state index in [0.717, 1.165) is 0 Å². The van der Waals surface area contributed by atoms with Crippen LogP contribution in [0.1, 0.15) is 24.2 Å². The minimum atomic E-state index is -1.32. The topological polar surface area (TPSA) is 81.7 Å². The standard InChI is InChI=1S/C19H20ClNO5S/c1-4-27(24)17-8-6-5-7-14(17)19(23)26-12(2)18(22)21-15-11-13(20)9-10-16(15)25-3/h5-12H,4H2,1-3H3,(H,21,22)/t12-,27+/m0/s1. The molecule has 144 valence electrons. The fraction of sp³-hybridized carbons (Fsp3) is 0.263. The molecule has 0 bridgehead atoms. The molecule has 1 amide bonds. The molecule has 27 heavy (non-hydrogen) atoms. The first-order chi connectivity index (χ1) is 12.9. The quantitative estimate of drug-likeness (QED) is 0.706. The first-order valence-electron chi connectivity index (χ1n) is 8.20. The molecule has 0 fully saturated rings. The van der Waals surface area contributed by atoms with Gasteiger partial charge in [0.2, 0.25) is 0 Å². The number of ether oxygens (including phenoxy) is 2. The Hall–Kier alpha value is -2.38. The number of nitrogens with one attached hydrogen (secondary N) is 1. The molecular formula is C19H20ClNO5S. The van der Waals surface area contributed by atoms with E-state index in [0.29, 0.717) is 27.1 Å². The molecule has 0 saturated carbocycles. The number of amides is 1. The summed E-state index contributed by atoms with van der Waals surface area (Å²) in [5, 5.41) is 3.04. The van der Waals surface area contributed by atoms with Crippen molar-refractivity contribution in [1.29, 1.82) is 0 Å². The highest BCUT2D eigenvalue weighted by Gasteiger charge is 2.23. The Morgan fingerprint density at radius 3 is 2.59 bits per heavy atom. The summed E-state index contributed by atoms with van der Waals surface area (Å²) in [5.74, 6) is -0.462. The van der Waals surface area contributed by atoms with Crippen molar-refractivity contribution in [2.24, 2.45) is 0 Å². The lowest BCUT2D eigenvalue weighted by Crippen LogP contribution is -2.30. The third kappa shape index (κ3) is 5.30. The van der Waals surface area contributed by atoms with E-state index in [1.54, 1.807) is 37.3 Å². The molecule has 2 atom stereocenters. The van der Waals surface area contributed by atoms with Gasteiger partial charge in [-0.2, -0.15) is 0 Å². The van der Waals surface area contributed by atoms with Gasteiger partial charge in [0.25, 0.3) is 5.91 Å². The van der Waals surface area contributed by atoms with Gasteiger partial charge in [-0.15, -0.1) is 0 Å². The number of carbonyl (C=O) groups is 2. The number of carbonyl (C=O) groups excluding carboxylic acids is 2. The van der Waals surface area contributed by atoms with Gasteiger partial charge in [-0.3, -0.25) is 9.00 Å². The number of methoxy groups -OCH3 is 1. The van der Waals surface area contributed by atoms with E-state index >= 15 is 0 Å².